The molecule has 20 heavy (non-hydrogen) atoms. The van der Waals surface area contributed by atoms with Crippen LogP contribution in [0.5, 0.6) is 5.75 Å². The van der Waals surface area contributed by atoms with Crippen LogP contribution in [0.1, 0.15) is 18.4 Å². The van der Waals surface area contributed by atoms with E-state index in [9.17, 15) is 4.79 Å². The van der Waals surface area contributed by atoms with E-state index in [4.69, 9.17) is 15.6 Å². The zero-order valence-corrected chi connectivity index (χ0v) is 11.8. The molecule has 0 bridgehead atoms. The number of benzene rings is 1. The fourth-order valence-corrected chi connectivity index (χ4v) is 2.49. The molecule has 0 radical (unpaired) electrons. The number of ether oxygens (including phenoxy) is 1. The third kappa shape index (κ3) is 4.21. The van der Waals surface area contributed by atoms with E-state index >= 15 is 0 Å². The highest BCUT2D eigenvalue weighted by Gasteiger charge is 2.19. The van der Waals surface area contributed by atoms with Crippen molar-refractivity contribution in [1.82, 2.24) is 4.90 Å². The van der Waals surface area contributed by atoms with Crippen molar-refractivity contribution in [3.8, 4) is 5.75 Å². The zero-order valence-electron chi connectivity index (χ0n) is 11.8. The van der Waals surface area contributed by atoms with Crippen molar-refractivity contribution >= 4 is 5.97 Å². The number of likely N-dealkylation sites (N-methyl/N-ethyl adjacent to an activating group) is 1. The first-order valence-corrected chi connectivity index (χ1v) is 6.97. The molecule has 0 aliphatic carbocycles. The fraction of sp³-hybridized carbons (Fsp3) is 0.533. The van der Waals surface area contributed by atoms with E-state index in [-0.39, 0.29) is 6.10 Å². The van der Waals surface area contributed by atoms with Gasteiger partial charge in [0.1, 0.15) is 17.9 Å². The number of piperidine rings is 1. The Labute approximate surface area is 119 Å². The lowest BCUT2D eigenvalue weighted by molar-refractivity contribution is -0.138. The van der Waals surface area contributed by atoms with Gasteiger partial charge < -0.3 is 20.5 Å². The molecule has 1 aromatic carbocycles. The first-order valence-electron chi connectivity index (χ1n) is 6.97. The summed E-state index contributed by atoms with van der Waals surface area (Å²) < 4.78 is 5.98. The van der Waals surface area contributed by atoms with Crippen LogP contribution >= 0.6 is 0 Å². The van der Waals surface area contributed by atoms with Gasteiger partial charge in [-0.3, -0.25) is 4.79 Å². The molecule has 0 amide bonds. The summed E-state index contributed by atoms with van der Waals surface area (Å²) in [4.78, 5) is 13.0. The van der Waals surface area contributed by atoms with Crippen molar-refractivity contribution in [3.63, 3.8) is 0 Å². The zero-order chi connectivity index (χ0) is 14.5. The topological polar surface area (TPSA) is 75.8 Å². The summed E-state index contributed by atoms with van der Waals surface area (Å²) in [5.41, 5.74) is 6.44. The van der Waals surface area contributed by atoms with Gasteiger partial charge >= 0.3 is 5.97 Å². The number of hydrogen-bond acceptors (Lipinski definition) is 4. The maximum Gasteiger partial charge on any atom is 0.320 e. The standard InChI is InChI=1S/C15H22N2O3/c1-17-7-3-6-13(10-17)20-12-5-2-4-11(8-12)9-14(16)15(18)19/h2,4-5,8,13-14H,3,6-7,9-10,16H2,1H3,(H,18,19). The van der Waals surface area contributed by atoms with Crippen LogP contribution in [0.15, 0.2) is 24.3 Å². The largest absolute Gasteiger partial charge is 0.489 e. The predicted molar refractivity (Wildman–Crippen MR) is 76.9 cm³/mol. The highest BCUT2D eigenvalue weighted by molar-refractivity contribution is 5.73. The number of carboxylic acids is 1. The molecule has 110 valence electrons. The molecular formula is C15H22N2O3. The third-order valence-electron chi connectivity index (χ3n) is 3.56. The predicted octanol–water partition coefficient (Wildman–Crippen LogP) is 1.11. The normalized spacial score (nSPS) is 21.4. The summed E-state index contributed by atoms with van der Waals surface area (Å²) in [6.07, 6.45) is 2.72. The molecule has 2 atom stereocenters. The summed E-state index contributed by atoms with van der Waals surface area (Å²) >= 11 is 0. The van der Waals surface area contributed by atoms with Crippen LogP contribution in [0.4, 0.5) is 0 Å². The Morgan fingerprint density at radius 3 is 3.10 bits per heavy atom. The minimum atomic E-state index is -0.981. The second kappa shape index (κ2) is 6.72. The molecular weight excluding hydrogens is 256 g/mol. The minimum absolute atomic E-state index is 0.206. The van der Waals surface area contributed by atoms with Gasteiger partial charge in [-0.05, 0) is 50.6 Å². The third-order valence-corrected chi connectivity index (χ3v) is 3.56. The monoisotopic (exact) mass is 278 g/mol. The van der Waals surface area contributed by atoms with E-state index < -0.39 is 12.0 Å². The molecule has 0 saturated carbocycles. The number of hydrogen-bond donors (Lipinski definition) is 2. The van der Waals surface area contributed by atoms with Crippen LogP contribution in [0.3, 0.4) is 0 Å². The van der Waals surface area contributed by atoms with Crippen molar-refractivity contribution in [2.24, 2.45) is 5.73 Å². The number of carboxylic acid groups (broad SMARTS) is 1. The van der Waals surface area contributed by atoms with Crippen molar-refractivity contribution in [2.75, 3.05) is 20.1 Å². The number of carbonyl (C=O) groups is 1. The summed E-state index contributed by atoms with van der Waals surface area (Å²) in [6, 6.07) is 6.68. The summed E-state index contributed by atoms with van der Waals surface area (Å²) in [7, 11) is 2.10. The Kier molecular flexibility index (Phi) is 4.98. The summed E-state index contributed by atoms with van der Waals surface area (Å²) in [5.74, 6) is -0.189. The Morgan fingerprint density at radius 2 is 2.40 bits per heavy atom. The molecule has 5 nitrogen and oxygen atoms in total. The minimum Gasteiger partial charge on any atom is -0.489 e. The second-order valence-corrected chi connectivity index (χ2v) is 5.44. The first-order chi connectivity index (χ1) is 9.54. The van der Waals surface area contributed by atoms with Gasteiger partial charge in [0.25, 0.3) is 0 Å². The van der Waals surface area contributed by atoms with Gasteiger partial charge in [-0.15, -0.1) is 0 Å². The van der Waals surface area contributed by atoms with Gasteiger partial charge in [0.15, 0.2) is 0 Å². The number of likely N-dealkylation sites (tertiary alicyclic amines) is 1. The van der Waals surface area contributed by atoms with E-state index in [0.29, 0.717) is 6.42 Å². The summed E-state index contributed by atoms with van der Waals surface area (Å²) in [6.45, 7) is 2.05. The lowest BCUT2D eigenvalue weighted by Gasteiger charge is -2.30. The van der Waals surface area contributed by atoms with Crippen molar-refractivity contribution in [2.45, 2.75) is 31.4 Å². The van der Waals surface area contributed by atoms with E-state index in [0.717, 1.165) is 37.2 Å². The number of nitrogens with zero attached hydrogens (tertiary/aromatic N) is 1. The maximum atomic E-state index is 10.8. The SMILES string of the molecule is CN1CCCC(Oc2cccc(CC(N)C(=O)O)c2)C1. The fourth-order valence-electron chi connectivity index (χ4n) is 2.49. The van der Waals surface area contributed by atoms with Crippen LogP contribution < -0.4 is 10.5 Å². The van der Waals surface area contributed by atoms with Crippen molar-refractivity contribution < 1.29 is 14.6 Å². The highest BCUT2D eigenvalue weighted by Crippen LogP contribution is 2.19. The smallest absolute Gasteiger partial charge is 0.320 e. The molecule has 1 saturated heterocycles. The second-order valence-electron chi connectivity index (χ2n) is 5.44. The lowest BCUT2D eigenvalue weighted by atomic mass is 10.1. The van der Waals surface area contributed by atoms with Crippen molar-refractivity contribution in [3.05, 3.63) is 29.8 Å². The Balaban J connectivity index is 1.97. The van der Waals surface area contributed by atoms with Crippen LogP contribution in [-0.2, 0) is 11.2 Å². The molecule has 1 aromatic rings. The van der Waals surface area contributed by atoms with Crippen LogP contribution in [0, 0.1) is 0 Å². The molecule has 5 heteroatoms. The Hall–Kier alpha value is -1.59. The molecule has 3 N–H and O–H groups in total. The molecule has 1 aliphatic heterocycles. The molecule has 0 aromatic heterocycles. The molecule has 1 aliphatic rings. The van der Waals surface area contributed by atoms with E-state index in [2.05, 4.69) is 11.9 Å². The van der Waals surface area contributed by atoms with E-state index in [1.807, 2.05) is 24.3 Å². The molecule has 1 heterocycles. The average Bonchev–Trinajstić information content (AvgIpc) is 2.39. The van der Waals surface area contributed by atoms with Gasteiger partial charge in [0.2, 0.25) is 0 Å². The van der Waals surface area contributed by atoms with E-state index in [1.54, 1.807) is 0 Å². The molecule has 2 rings (SSSR count). The lowest BCUT2D eigenvalue weighted by Crippen LogP contribution is -2.38. The van der Waals surface area contributed by atoms with Gasteiger partial charge in [0.05, 0.1) is 0 Å². The number of nitrogens with two attached hydrogens (primary N) is 1. The molecule has 2 unspecified atom stereocenters. The van der Waals surface area contributed by atoms with Gasteiger partial charge in [-0.2, -0.15) is 0 Å². The van der Waals surface area contributed by atoms with E-state index in [1.165, 1.54) is 0 Å². The van der Waals surface area contributed by atoms with Crippen molar-refractivity contribution in [1.29, 1.82) is 0 Å². The first kappa shape index (κ1) is 14.8. The Bertz CT molecular complexity index is 464. The highest BCUT2D eigenvalue weighted by atomic mass is 16.5. The summed E-state index contributed by atoms with van der Waals surface area (Å²) in [5, 5.41) is 8.84. The van der Waals surface area contributed by atoms with Gasteiger partial charge in [-0.25, -0.2) is 0 Å². The molecule has 1 fully saturated rings. The van der Waals surface area contributed by atoms with Gasteiger partial charge in [-0.1, -0.05) is 12.1 Å². The van der Waals surface area contributed by atoms with Gasteiger partial charge in [0, 0.05) is 6.54 Å². The van der Waals surface area contributed by atoms with Crippen LogP contribution in [0.2, 0.25) is 0 Å². The van der Waals surface area contributed by atoms with Crippen LogP contribution in [-0.4, -0.2) is 48.3 Å². The molecule has 0 spiro atoms. The number of aliphatic carboxylic acids is 1. The number of rotatable bonds is 5. The van der Waals surface area contributed by atoms with Crippen LogP contribution in [0.25, 0.3) is 0 Å². The Morgan fingerprint density at radius 1 is 1.60 bits per heavy atom. The quantitative estimate of drug-likeness (QED) is 0.844. The maximum absolute atomic E-state index is 10.8. The average molecular weight is 278 g/mol.